The van der Waals surface area contributed by atoms with E-state index in [1.54, 1.807) is 4.90 Å². The van der Waals surface area contributed by atoms with Crippen molar-refractivity contribution in [3.63, 3.8) is 0 Å². The van der Waals surface area contributed by atoms with E-state index in [-0.39, 0.29) is 6.03 Å². The lowest BCUT2D eigenvalue weighted by Crippen LogP contribution is -2.32. The molecule has 4 nitrogen and oxygen atoms in total. The summed E-state index contributed by atoms with van der Waals surface area (Å²) in [6.45, 7) is 4.09. The average Bonchev–Trinajstić information content (AvgIpc) is 2.33. The summed E-state index contributed by atoms with van der Waals surface area (Å²) in [5, 5.41) is 2.87. The summed E-state index contributed by atoms with van der Waals surface area (Å²) in [6.07, 6.45) is 0.993. The normalized spacial score (nSPS) is 24.0. The molecular weight excluding hydrogens is 142 g/mol. The van der Waals surface area contributed by atoms with Crippen LogP contribution in [0.1, 0.15) is 13.3 Å². The van der Waals surface area contributed by atoms with Crippen molar-refractivity contribution in [1.82, 2.24) is 10.2 Å². The van der Waals surface area contributed by atoms with Crippen molar-refractivity contribution in [1.29, 1.82) is 0 Å². The number of carbonyl (C=O) groups is 1. The summed E-state index contributed by atoms with van der Waals surface area (Å²) in [4.78, 5) is 12.9. The maximum Gasteiger partial charge on any atom is 0.317 e. The van der Waals surface area contributed by atoms with Crippen LogP contribution in [0.25, 0.3) is 0 Å². The quantitative estimate of drug-likeness (QED) is 0.593. The zero-order valence-electron chi connectivity index (χ0n) is 6.84. The lowest BCUT2D eigenvalue weighted by molar-refractivity contribution is 0.218. The molecule has 1 unspecified atom stereocenters. The molecule has 2 amide bonds. The first-order valence-corrected chi connectivity index (χ1v) is 4.03. The number of hydrogen-bond acceptors (Lipinski definition) is 2. The molecule has 11 heavy (non-hydrogen) atoms. The molecule has 0 saturated carbocycles. The van der Waals surface area contributed by atoms with E-state index in [0.29, 0.717) is 19.1 Å². The molecule has 0 aromatic heterocycles. The van der Waals surface area contributed by atoms with Gasteiger partial charge in [0.1, 0.15) is 0 Å². The van der Waals surface area contributed by atoms with Gasteiger partial charge in [-0.05, 0) is 6.42 Å². The Kier molecular flexibility index (Phi) is 2.70. The number of hydrogen-bond donors (Lipinski definition) is 2. The van der Waals surface area contributed by atoms with Gasteiger partial charge in [-0.25, -0.2) is 4.79 Å². The standard InChI is InChI=1S/C7H15N3O/c1-2-6-5-10(4-3-8)7(11)9-6/h6H,2-5,8H2,1H3,(H,9,11). The van der Waals surface area contributed by atoms with E-state index >= 15 is 0 Å². The smallest absolute Gasteiger partial charge is 0.317 e. The number of urea groups is 1. The second-order valence-corrected chi connectivity index (χ2v) is 2.79. The monoisotopic (exact) mass is 157 g/mol. The molecule has 1 aliphatic rings. The van der Waals surface area contributed by atoms with E-state index in [9.17, 15) is 4.79 Å². The number of nitrogens with two attached hydrogens (primary N) is 1. The minimum absolute atomic E-state index is 0.0299. The first-order valence-electron chi connectivity index (χ1n) is 4.03. The van der Waals surface area contributed by atoms with Gasteiger partial charge in [-0.15, -0.1) is 0 Å². The molecule has 1 rings (SSSR count). The summed E-state index contributed by atoms with van der Waals surface area (Å²) in [5.41, 5.74) is 5.34. The van der Waals surface area contributed by atoms with Gasteiger partial charge in [-0.3, -0.25) is 0 Å². The molecule has 0 aromatic carbocycles. The molecule has 1 heterocycles. The predicted octanol–water partition coefficient (Wildman–Crippen LogP) is -0.251. The third kappa shape index (κ3) is 1.83. The second kappa shape index (κ2) is 3.57. The second-order valence-electron chi connectivity index (χ2n) is 2.79. The van der Waals surface area contributed by atoms with Gasteiger partial charge in [0.05, 0.1) is 0 Å². The Morgan fingerprint density at radius 2 is 2.55 bits per heavy atom. The van der Waals surface area contributed by atoms with Gasteiger partial charge in [0.15, 0.2) is 0 Å². The van der Waals surface area contributed by atoms with Crippen molar-refractivity contribution in [3.8, 4) is 0 Å². The summed E-state index contributed by atoms with van der Waals surface area (Å²) in [5.74, 6) is 0. The zero-order chi connectivity index (χ0) is 8.27. The molecule has 3 N–H and O–H groups in total. The van der Waals surface area contributed by atoms with Crippen molar-refractivity contribution >= 4 is 6.03 Å². The minimum atomic E-state index is 0.0299. The molecular formula is C7H15N3O. The lowest BCUT2D eigenvalue weighted by atomic mass is 10.2. The largest absolute Gasteiger partial charge is 0.333 e. The number of carbonyl (C=O) groups excluding carboxylic acids is 1. The van der Waals surface area contributed by atoms with Crippen molar-refractivity contribution in [2.45, 2.75) is 19.4 Å². The SMILES string of the molecule is CCC1CN(CCN)C(=O)N1. The Balaban J connectivity index is 2.38. The van der Waals surface area contributed by atoms with Crippen molar-refractivity contribution in [2.75, 3.05) is 19.6 Å². The van der Waals surface area contributed by atoms with Gasteiger partial charge in [0.25, 0.3) is 0 Å². The van der Waals surface area contributed by atoms with Gasteiger partial charge in [0.2, 0.25) is 0 Å². The van der Waals surface area contributed by atoms with E-state index < -0.39 is 0 Å². The molecule has 0 bridgehead atoms. The van der Waals surface area contributed by atoms with E-state index in [4.69, 9.17) is 5.73 Å². The molecule has 4 heteroatoms. The fraction of sp³-hybridized carbons (Fsp3) is 0.857. The van der Waals surface area contributed by atoms with Crippen LogP contribution in [0.15, 0.2) is 0 Å². The molecule has 0 aromatic rings. The van der Waals surface area contributed by atoms with E-state index in [2.05, 4.69) is 12.2 Å². The molecule has 64 valence electrons. The minimum Gasteiger partial charge on any atom is -0.333 e. The fourth-order valence-corrected chi connectivity index (χ4v) is 1.24. The summed E-state index contributed by atoms with van der Waals surface area (Å²) < 4.78 is 0. The highest BCUT2D eigenvalue weighted by Crippen LogP contribution is 2.05. The number of nitrogens with one attached hydrogen (secondary N) is 1. The zero-order valence-corrected chi connectivity index (χ0v) is 6.84. The van der Waals surface area contributed by atoms with Crippen LogP contribution in [0.3, 0.4) is 0 Å². The maximum absolute atomic E-state index is 11.1. The average molecular weight is 157 g/mol. The van der Waals surface area contributed by atoms with Gasteiger partial charge in [0, 0.05) is 25.7 Å². The van der Waals surface area contributed by atoms with Gasteiger partial charge < -0.3 is 16.0 Å². The number of amides is 2. The van der Waals surface area contributed by atoms with Gasteiger partial charge >= 0.3 is 6.03 Å². The lowest BCUT2D eigenvalue weighted by Gasteiger charge is -2.11. The van der Waals surface area contributed by atoms with Crippen LogP contribution in [0.2, 0.25) is 0 Å². The molecule has 1 atom stereocenters. The maximum atomic E-state index is 11.1. The third-order valence-electron chi connectivity index (χ3n) is 1.95. The van der Waals surface area contributed by atoms with Crippen molar-refractivity contribution in [2.24, 2.45) is 5.73 Å². The Hall–Kier alpha value is -0.770. The van der Waals surface area contributed by atoms with E-state index in [0.717, 1.165) is 13.0 Å². The molecule has 1 fully saturated rings. The van der Waals surface area contributed by atoms with Crippen LogP contribution in [0.5, 0.6) is 0 Å². The predicted molar refractivity (Wildman–Crippen MR) is 43.2 cm³/mol. The summed E-state index contributed by atoms with van der Waals surface area (Å²) in [6, 6.07) is 0.358. The highest BCUT2D eigenvalue weighted by atomic mass is 16.2. The number of nitrogens with zero attached hydrogens (tertiary/aromatic N) is 1. The summed E-state index contributed by atoms with van der Waals surface area (Å²) >= 11 is 0. The highest BCUT2D eigenvalue weighted by Gasteiger charge is 2.25. The van der Waals surface area contributed by atoms with Crippen LogP contribution in [0, 0.1) is 0 Å². The Labute approximate surface area is 66.7 Å². The topological polar surface area (TPSA) is 58.4 Å². The molecule has 0 spiro atoms. The molecule has 0 aliphatic carbocycles. The van der Waals surface area contributed by atoms with Gasteiger partial charge in [-0.2, -0.15) is 0 Å². The summed E-state index contributed by atoms with van der Waals surface area (Å²) in [7, 11) is 0. The Morgan fingerprint density at radius 3 is 3.00 bits per heavy atom. The van der Waals surface area contributed by atoms with Crippen LogP contribution in [0.4, 0.5) is 4.79 Å². The third-order valence-corrected chi connectivity index (χ3v) is 1.95. The first kappa shape index (κ1) is 8.33. The van der Waals surface area contributed by atoms with Crippen LogP contribution >= 0.6 is 0 Å². The highest BCUT2D eigenvalue weighted by molar-refractivity contribution is 5.76. The van der Waals surface area contributed by atoms with Crippen LogP contribution in [-0.4, -0.2) is 36.6 Å². The molecule has 1 saturated heterocycles. The first-order chi connectivity index (χ1) is 5.27. The number of rotatable bonds is 3. The van der Waals surface area contributed by atoms with Crippen molar-refractivity contribution in [3.05, 3.63) is 0 Å². The van der Waals surface area contributed by atoms with Crippen molar-refractivity contribution < 1.29 is 4.79 Å². The Morgan fingerprint density at radius 1 is 1.82 bits per heavy atom. The fourth-order valence-electron chi connectivity index (χ4n) is 1.24. The van der Waals surface area contributed by atoms with E-state index in [1.807, 2.05) is 0 Å². The molecule has 1 aliphatic heterocycles. The van der Waals surface area contributed by atoms with Gasteiger partial charge in [-0.1, -0.05) is 6.92 Å². The Bertz CT molecular complexity index is 149. The van der Waals surface area contributed by atoms with Crippen LogP contribution in [-0.2, 0) is 0 Å². The van der Waals surface area contributed by atoms with Crippen LogP contribution < -0.4 is 11.1 Å². The molecule has 0 radical (unpaired) electrons. The van der Waals surface area contributed by atoms with E-state index in [1.165, 1.54) is 0 Å².